The third kappa shape index (κ3) is 1.76. The minimum absolute atomic E-state index is 0.0787. The number of aldehydes is 1. The first-order valence-corrected chi connectivity index (χ1v) is 5.28. The highest BCUT2D eigenvalue weighted by atomic mass is 16.5. The number of rotatable bonds is 1. The smallest absolute Gasteiger partial charge is 0.153 e. The van der Waals surface area contributed by atoms with Crippen molar-refractivity contribution < 1.29 is 9.53 Å². The van der Waals surface area contributed by atoms with E-state index in [9.17, 15) is 4.79 Å². The van der Waals surface area contributed by atoms with E-state index in [1.165, 1.54) is 11.1 Å². The van der Waals surface area contributed by atoms with Crippen LogP contribution >= 0.6 is 0 Å². The summed E-state index contributed by atoms with van der Waals surface area (Å²) in [5.74, 6) is 0.790. The summed E-state index contributed by atoms with van der Waals surface area (Å²) in [6.45, 7) is 7.15. The normalized spacial score (nSPS) is 14.6. The van der Waals surface area contributed by atoms with E-state index in [1.54, 1.807) is 0 Å². The molecule has 1 aromatic carbocycles. The molecule has 0 unspecified atom stereocenters. The van der Waals surface area contributed by atoms with E-state index < -0.39 is 0 Å². The van der Waals surface area contributed by atoms with Crippen LogP contribution in [0.25, 0.3) is 0 Å². The van der Waals surface area contributed by atoms with Crippen LogP contribution in [0, 0.1) is 0 Å². The van der Waals surface area contributed by atoms with Crippen molar-refractivity contribution in [1.29, 1.82) is 0 Å². The standard InChI is InChI=1S/C13H16O2/c1-13(2,3)11-6-9-4-5-15-12(9)10(7-11)8-14/h6-8H,4-5H2,1-3H3. The number of carbonyl (C=O) groups excluding carboxylic acids is 1. The molecule has 0 saturated carbocycles. The fourth-order valence-electron chi connectivity index (χ4n) is 1.86. The van der Waals surface area contributed by atoms with Crippen molar-refractivity contribution in [2.24, 2.45) is 0 Å². The minimum Gasteiger partial charge on any atom is -0.492 e. The second-order valence-corrected chi connectivity index (χ2v) is 5.02. The Kier molecular flexibility index (Phi) is 2.29. The number of hydrogen-bond donors (Lipinski definition) is 0. The molecule has 2 nitrogen and oxygen atoms in total. The van der Waals surface area contributed by atoms with Crippen LogP contribution in [-0.4, -0.2) is 12.9 Å². The molecule has 2 rings (SSSR count). The van der Waals surface area contributed by atoms with E-state index in [-0.39, 0.29) is 5.41 Å². The lowest BCUT2D eigenvalue weighted by Gasteiger charge is -2.20. The van der Waals surface area contributed by atoms with Gasteiger partial charge in [-0.05, 0) is 22.6 Å². The number of fused-ring (bicyclic) bond motifs is 1. The SMILES string of the molecule is CC(C)(C)c1cc(C=O)c2c(c1)CCO2. The first-order chi connectivity index (χ1) is 7.02. The van der Waals surface area contributed by atoms with E-state index >= 15 is 0 Å². The van der Waals surface area contributed by atoms with Crippen molar-refractivity contribution in [3.63, 3.8) is 0 Å². The van der Waals surface area contributed by atoms with Crippen LogP contribution in [0.15, 0.2) is 12.1 Å². The van der Waals surface area contributed by atoms with Gasteiger partial charge in [-0.2, -0.15) is 0 Å². The van der Waals surface area contributed by atoms with Gasteiger partial charge in [0.15, 0.2) is 6.29 Å². The minimum atomic E-state index is 0.0787. The van der Waals surface area contributed by atoms with Crippen molar-refractivity contribution in [3.8, 4) is 5.75 Å². The van der Waals surface area contributed by atoms with E-state index in [2.05, 4.69) is 26.8 Å². The topological polar surface area (TPSA) is 26.3 Å². The summed E-state index contributed by atoms with van der Waals surface area (Å²) in [5.41, 5.74) is 3.14. The molecule has 1 heterocycles. The van der Waals surface area contributed by atoms with E-state index in [4.69, 9.17) is 4.74 Å². The first kappa shape index (κ1) is 10.2. The fourth-order valence-corrected chi connectivity index (χ4v) is 1.86. The highest BCUT2D eigenvalue weighted by molar-refractivity contribution is 5.81. The second kappa shape index (κ2) is 3.37. The number of hydrogen-bond acceptors (Lipinski definition) is 2. The molecule has 0 aliphatic carbocycles. The zero-order valence-electron chi connectivity index (χ0n) is 9.46. The highest BCUT2D eigenvalue weighted by Crippen LogP contribution is 2.34. The van der Waals surface area contributed by atoms with Crippen LogP contribution in [0.1, 0.15) is 42.3 Å². The summed E-state index contributed by atoms with van der Waals surface area (Å²) < 4.78 is 5.46. The van der Waals surface area contributed by atoms with Crippen LogP contribution in [0.2, 0.25) is 0 Å². The van der Waals surface area contributed by atoms with Gasteiger partial charge in [-0.3, -0.25) is 4.79 Å². The maximum Gasteiger partial charge on any atom is 0.153 e. The molecular formula is C13H16O2. The van der Waals surface area contributed by atoms with Gasteiger partial charge in [0.25, 0.3) is 0 Å². The van der Waals surface area contributed by atoms with Crippen molar-refractivity contribution in [2.45, 2.75) is 32.6 Å². The molecule has 2 heteroatoms. The Morgan fingerprint density at radius 1 is 1.33 bits per heavy atom. The predicted molar refractivity (Wildman–Crippen MR) is 59.7 cm³/mol. The third-order valence-electron chi connectivity index (χ3n) is 2.81. The molecule has 1 aliphatic heterocycles. The van der Waals surface area contributed by atoms with Gasteiger partial charge in [0.2, 0.25) is 0 Å². The summed E-state index contributed by atoms with van der Waals surface area (Å²) in [5, 5.41) is 0. The Labute approximate surface area is 90.3 Å². The predicted octanol–water partition coefficient (Wildman–Crippen LogP) is 2.73. The molecule has 1 aromatic rings. The average molecular weight is 204 g/mol. The van der Waals surface area contributed by atoms with Gasteiger partial charge in [-0.15, -0.1) is 0 Å². The quantitative estimate of drug-likeness (QED) is 0.657. The molecule has 0 amide bonds. The lowest BCUT2D eigenvalue weighted by molar-refractivity contribution is 0.112. The molecule has 0 N–H and O–H groups in total. The molecule has 15 heavy (non-hydrogen) atoms. The number of benzene rings is 1. The van der Waals surface area contributed by atoms with Crippen molar-refractivity contribution in [3.05, 3.63) is 28.8 Å². The zero-order valence-corrected chi connectivity index (χ0v) is 9.46. The molecule has 0 fully saturated rings. The maximum atomic E-state index is 11.0. The molecule has 0 atom stereocenters. The molecule has 0 saturated heterocycles. The maximum absolute atomic E-state index is 11.0. The summed E-state index contributed by atoms with van der Waals surface area (Å²) in [6.07, 6.45) is 1.81. The zero-order chi connectivity index (χ0) is 11.1. The Hall–Kier alpha value is -1.31. The second-order valence-electron chi connectivity index (χ2n) is 5.02. The monoisotopic (exact) mass is 204 g/mol. The summed E-state index contributed by atoms with van der Waals surface area (Å²) in [4.78, 5) is 11.0. The van der Waals surface area contributed by atoms with Gasteiger partial charge in [-0.25, -0.2) is 0 Å². The lowest BCUT2D eigenvalue weighted by atomic mass is 9.85. The first-order valence-electron chi connectivity index (χ1n) is 5.28. The summed E-state index contributed by atoms with van der Waals surface area (Å²) in [7, 11) is 0. The van der Waals surface area contributed by atoms with E-state index in [0.29, 0.717) is 12.2 Å². The molecular weight excluding hydrogens is 188 g/mol. The summed E-state index contributed by atoms with van der Waals surface area (Å²) in [6, 6.07) is 4.10. The van der Waals surface area contributed by atoms with Crippen LogP contribution in [0.3, 0.4) is 0 Å². The van der Waals surface area contributed by atoms with E-state index in [1.807, 2.05) is 6.07 Å². The van der Waals surface area contributed by atoms with Crippen LogP contribution in [-0.2, 0) is 11.8 Å². The Bertz CT molecular complexity index is 400. The molecule has 80 valence electrons. The van der Waals surface area contributed by atoms with Crippen molar-refractivity contribution in [1.82, 2.24) is 0 Å². The number of carbonyl (C=O) groups is 1. The van der Waals surface area contributed by atoms with Gasteiger partial charge in [-0.1, -0.05) is 26.8 Å². The Morgan fingerprint density at radius 3 is 2.67 bits per heavy atom. The van der Waals surface area contributed by atoms with Gasteiger partial charge < -0.3 is 4.74 Å². The number of ether oxygens (including phenoxy) is 1. The Morgan fingerprint density at radius 2 is 2.07 bits per heavy atom. The Balaban J connectivity index is 2.58. The molecule has 0 aromatic heterocycles. The van der Waals surface area contributed by atoms with Gasteiger partial charge >= 0.3 is 0 Å². The molecule has 0 spiro atoms. The van der Waals surface area contributed by atoms with Crippen LogP contribution in [0.5, 0.6) is 5.75 Å². The van der Waals surface area contributed by atoms with Crippen LogP contribution < -0.4 is 4.74 Å². The molecule has 0 bridgehead atoms. The van der Waals surface area contributed by atoms with Gasteiger partial charge in [0.05, 0.1) is 12.2 Å². The summed E-state index contributed by atoms with van der Waals surface area (Å²) >= 11 is 0. The largest absolute Gasteiger partial charge is 0.492 e. The highest BCUT2D eigenvalue weighted by Gasteiger charge is 2.22. The molecule has 0 radical (unpaired) electrons. The lowest BCUT2D eigenvalue weighted by Crippen LogP contribution is -2.12. The van der Waals surface area contributed by atoms with E-state index in [0.717, 1.165) is 18.5 Å². The third-order valence-corrected chi connectivity index (χ3v) is 2.81. The van der Waals surface area contributed by atoms with Gasteiger partial charge in [0.1, 0.15) is 5.75 Å². The average Bonchev–Trinajstić information content (AvgIpc) is 2.62. The van der Waals surface area contributed by atoms with Gasteiger partial charge in [0, 0.05) is 6.42 Å². The fraction of sp³-hybridized carbons (Fsp3) is 0.462. The molecule has 1 aliphatic rings. The van der Waals surface area contributed by atoms with Crippen molar-refractivity contribution >= 4 is 6.29 Å². The van der Waals surface area contributed by atoms with Crippen molar-refractivity contribution in [2.75, 3.05) is 6.61 Å². The van der Waals surface area contributed by atoms with Crippen LogP contribution in [0.4, 0.5) is 0 Å².